The first-order valence-corrected chi connectivity index (χ1v) is 6.86. The molecule has 0 bridgehead atoms. The molecule has 1 saturated carbocycles. The van der Waals surface area contributed by atoms with Crippen molar-refractivity contribution in [2.45, 2.75) is 38.5 Å². The lowest BCUT2D eigenvalue weighted by Gasteiger charge is -2.43. The largest absolute Gasteiger partial charge is 0.469 e. The lowest BCUT2D eigenvalue weighted by molar-refractivity contribution is -0.146. The van der Waals surface area contributed by atoms with Crippen molar-refractivity contribution < 1.29 is 13.9 Å². The topological polar surface area (TPSA) is 39.4 Å². The molecule has 98 valence electrons. The van der Waals surface area contributed by atoms with E-state index in [1.54, 1.807) is 6.26 Å². The summed E-state index contributed by atoms with van der Waals surface area (Å²) >= 11 is 0. The van der Waals surface area contributed by atoms with E-state index in [1.807, 2.05) is 6.07 Å². The fraction of sp³-hybridized carbons (Fsp3) is 0.667. The monoisotopic (exact) mass is 248 g/mol. The van der Waals surface area contributed by atoms with E-state index in [-0.39, 0.29) is 11.9 Å². The van der Waals surface area contributed by atoms with Gasteiger partial charge in [0.1, 0.15) is 5.76 Å². The summed E-state index contributed by atoms with van der Waals surface area (Å²) in [4.78, 5) is 12.2. The molecule has 0 unspecified atom stereocenters. The van der Waals surface area contributed by atoms with Gasteiger partial charge in [-0.25, -0.2) is 0 Å². The van der Waals surface area contributed by atoms with Gasteiger partial charge in [0.25, 0.3) is 0 Å². The summed E-state index contributed by atoms with van der Waals surface area (Å²) in [6.45, 7) is 2.28. The van der Waals surface area contributed by atoms with Gasteiger partial charge in [-0.2, -0.15) is 0 Å². The summed E-state index contributed by atoms with van der Waals surface area (Å²) in [5.74, 6) is 2.39. The molecule has 3 heteroatoms. The van der Waals surface area contributed by atoms with Crippen LogP contribution in [0.2, 0.25) is 0 Å². The number of hydrogen-bond donors (Lipinski definition) is 0. The highest BCUT2D eigenvalue weighted by molar-refractivity contribution is 5.79. The van der Waals surface area contributed by atoms with E-state index in [4.69, 9.17) is 9.15 Å². The Kier molecular flexibility index (Phi) is 2.92. The van der Waals surface area contributed by atoms with Gasteiger partial charge in [-0.3, -0.25) is 4.79 Å². The molecule has 0 spiro atoms. The maximum Gasteiger partial charge on any atom is 0.313 e. The van der Waals surface area contributed by atoms with Gasteiger partial charge in [0.05, 0.1) is 19.3 Å². The van der Waals surface area contributed by atoms with Gasteiger partial charge in [0.15, 0.2) is 0 Å². The quantitative estimate of drug-likeness (QED) is 0.717. The Bertz CT molecular complexity index is 448. The zero-order valence-electron chi connectivity index (χ0n) is 11.0. The number of carbonyl (C=O) groups excluding carboxylic acids is 1. The van der Waals surface area contributed by atoms with Gasteiger partial charge < -0.3 is 9.15 Å². The highest BCUT2D eigenvalue weighted by Crippen LogP contribution is 2.49. The van der Waals surface area contributed by atoms with E-state index >= 15 is 0 Å². The highest BCUT2D eigenvalue weighted by Gasteiger charge is 2.46. The predicted molar refractivity (Wildman–Crippen MR) is 67.2 cm³/mol. The van der Waals surface area contributed by atoms with Crippen LogP contribution in [0.25, 0.3) is 0 Å². The normalized spacial score (nSPS) is 34.6. The Labute approximate surface area is 108 Å². The van der Waals surface area contributed by atoms with Crippen molar-refractivity contribution in [1.82, 2.24) is 0 Å². The van der Waals surface area contributed by atoms with Crippen LogP contribution < -0.4 is 0 Å². The minimum atomic E-state index is -0.113. The van der Waals surface area contributed by atoms with Crippen molar-refractivity contribution in [2.75, 3.05) is 7.11 Å². The number of hydrogen-bond acceptors (Lipinski definition) is 3. The van der Waals surface area contributed by atoms with Crippen molar-refractivity contribution in [3.8, 4) is 0 Å². The van der Waals surface area contributed by atoms with Crippen LogP contribution >= 0.6 is 0 Å². The van der Waals surface area contributed by atoms with Crippen LogP contribution in [0, 0.1) is 17.8 Å². The molecule has 2 aliphatic rings. The van der Waals surface area contributed by atoms with Gasteiger partial charge in [0.2, 0.25) is 0 Å². The van der Waals surface area contributed by atoms with Gasteiger partial charge in [-0.15, -0.1) is 0 Å². The van der Waals surface area contributed by atoms with Crippen LogP contribution in [0.1, 0.15) is 43.4 Å². The molecule has 3 rings (SSSR count). The second-order valence-electron chi connectivity index (χ2n) is 5.75. The smallest absolute Gasteiger partial charge is 0.313 e. The fourth-order valence-corrected chi connectivity index (χ4v) is 4.04. The standard InChI is InChI=1S/C15H20O3/c1-9-4-3-5-10-8-12-11(6-7-18-12)14(13(9)10)15(16)17-2/h6-7,9-10,13-14H,3-5,8H2,1-2H3/t9-,10-,13-,14-/m1/s1. The van der Waals surface area contributed by atoms with Crippen LogP contribution in [-0.2, 0) is 16.0 Å². The number of ether oxygens (including phenoxy) is 1. The highest BCUT2D eigenvalue weighted by atomic mass is 16.5. The second-order valence-corrected chi connectivity index (χ2v) is 5.75. The SMILES string of the molecule is COC(=O)[C@@H]1c2ccoc2C[C@H]2CCC[C@@H](C)[C@H]21. The average Bonchev–Trinajstić information content (AvgIpc) is 2.83. The molecule has 0 aliphatic heterocycles. The zero-order chi connectivity index (χ0) is 12.7. The predicted octanol–water partition coefficient (Wildman–Crippen LogP) is 3.14. The van der Waals surface area contributed by atoms with Crippen LogP contribution in [0.15, 0.2) is 16.7 Å². The molecule has 2 aliphatic carbocycles. The molecule has 1 aromatic heterocycles. The number of rotatable bonds is 1. The van der Waals surface area contributed by atoms with Crippen molar-refractivity contribution in [3.63, 3.8) is 0 Å². The van der Waals surface area contributed by atoms with Crippen molar-refractivity contribution in [3.05, 3.63) is 23.7 Å². The van der Waals surface area contributed by atoms with Crippen molar-refractivity contribution in [2.24, 2.45) is 17.8 Å². The molecule has 0 saturated heterocycles. The molecule has 1 fully saturated rings. The second kappa shape index (κ2) is 4.45. The summed E-state index contributed by atoms with van der Waals surface area (Å²) in [7, 11) is 1.49. The molecule has 1 heterocycles. The number of methoxy groups -OCH3 is 1. The fourth-order valence-electron chi connectivity index (χ4n) is 4.04. The third kappa shape index (κ3) is 1.68. The molecule has 0 aromatic carbocycles. The zero-order valence-corrected chi connectivity index (χ0v) is 11.0. The van der Waals surface area contributed by atoms with Crippen molar-refractivity contribution in [1.29, 1.82) is 0 Å². The van der Waals surface area contributed by atoms with Gasteiger partial charge in [0, 0.05) is 12.0 Å². The van der Waals surface area contributed by atoms with E-state index < -0.39 is 0 Å². The summed E-state index contributed by atoms with van der Waals surface area (Å²) in [6, 6.07) is 1.95. The van der Waals surface area contributed by atoms with E-state index in [2.05, 4.69) is 6.92 Å². The van der Waals surface area contributed by atoms with Crippen LogP contribution in [0.5, 0.6) is 0 Å². The Balaban J connectivity index is 2.03. The van der Waals surface area contributed by atoms with Gasteiger partial charge in [-0.1, -0.05) is 19.8 Å². The Hall–Kier alpha value is -1.25. The third-order valence-electron chi connectivity index (χ3n) is 4.84. The average molecular weight is 248 g/mol. The third-order valence-corrected chi connectivity index (χ3v) is 4.84. The summed E-state index contributed by atoms with van der Waals surface area (Å²) in [5, 5.41) is 0. The first-order valence-electron chi connectivity index (χ1n) is 6.86. The molecule has 0 radical (unpaired) electrons. The minimum absolute atomic E-state index is 0.0962. The lowest BCUT2D eigenvalue weighted by atomic mass is 9.61. The Morgan fingerprint density at radius 2 is 2.28 bits per heavy atom. The van der Waals surface area contributed by atoms with E-state index in [1.165, 1.54) is 26.4 Å². The summed E-state index contributed by atoms with van der Waals surface area (Å²) in [5.41, 5.74) is 1.07. The number of furan rings is 1. The van der Waals surface area contributed by atoms with E-state index in [0.717, 1.165) is 17.7 Å². The summed E-state index contributed by atoms with van der Waals surface area (Å²) < 4.78 is 10.6. The molecule has 0 amide bonds. The van der Waals surface area contributed by atoms with Crippen LogP contribution in [0.4, 0.5) is 0 Å². The van der Waals surface area contributed by atoms with Crippen LogP contribution in [-0.4, -0.2) is 13.1 Å². The molecule has 4 atom stereocenters. The van der Waals surface area contributed by atoms with Gasteiger partial charge >= 0.3 is 5.97 Å². The maximum atomic E-state index is 12.2. The summed E-state index contributed by atoms with van der Waals surface area (Å²) in [6.07, 6.45) is 6.41. The minimum Gasteiger partial charge on any atom is -0.469 e. The molecule has 1 aromatic rings. The molecular formula is C15H20O3. The number of esters is 1. The van der Waals surface area contributed by atoms with Crippen molar-refractivity contribution >= 4 is 5.97 Å². The van der Waals surface area contributed by atoms with Gasteiger partial charge in [-0.05, 0) is 30.2 Å². The number of carbonyl (C=O) groups is 1. The van der Waals surface area contributed by atoms with E-state index in [0.29, 0.717) is 17.8 Å². The maximum absolute atomic E-state index is 12.2. The van der Waals surface area contributed by atoms with E-state index in [9.17, 15) is 4.79 Å². The van der Waals surface area contributed by atoms with Crippen LogP contribution in [0.3, 0.4) is 0 Å². The Morgan fingerprint density at radius 3 is 3.06 bits per heavy atom. The first-order chi connectivity index (χ1) is 8.72. The molecule has 3 nitrogen and oxygen atoms in total. The Morgan fingerprint density at radius 1 is 1.44 bits per heavy atom. The number of fused-ring (bicyclic) bond motifs is 2. The molecule has 18 heavy (non-hydrogen) atoms. The molecular weight excluding hydrogens is 228 g/mol. The first kappa shape index (κ1) is 11.8. The molecule has 0 N–H and O–H groups in total. The lowest BCUT2D eigenvalue weighted by Crippen LogP contribution is -2.40.